The Morgan fingerprint density at radius 2 is 2.12 bits per heavy atom. The fourth-order valence-electron chi connectivity index (χ4n) is 2.69. The SMILES string of the molecule is CNCC(C)(C)CN1CCC(C)C(OC)C1. The molecule has 0 aromatic heterocycles. The lowest BCUT2D eigenvalue weighted by Crippen LogP contribution is -2.48. The number of methoxy groups -OCH3 is 1. The molecule has 0 aliphatic carbocycles. The summed E-state index contributed by atoms with van der Waals surface area (Å²) in [7, 11) is 3.86. The lowest BCUT2D eigenvalue weighted by Gasteiger charge is -2.40. The van der Waals surface area contributed by atoms with Gasteiger partial charge in [0.25, 0.3) is 0 Å². The summed E-state index contributed by atoms with van der Waals surface area (Å²) in [6, 6.07) is 0. The summed E-state index contributed by atoms with van der Waals surface area (Å²) in [6.45, 7) is 11.5. The normalized spacial score (nSPS) is 28.3. The predicted octanol–water partition coefficient (Wildman–Crippen LogP) is 1.59. The van der Waals surface area contributed by atoms with Crippen LogP contribution in [0, 0.1) is 11.3 Å². The molecule has 2 unspecified atom stereocenters. The molecule has 0 aromatic carbocycles. The van der Waals surface area contributed by atoms with Gasteiger partial charge in [0.15, 0.2) is 0 Å². The van der Waals surface area contributed by atoms with Gasteiger partial charge in [-0.1, -0.05) is 20.8 Å². The zero-order valence-electron chi connectivity index (χ0n) is 11.5. The van der Waals surface area contributed by atoms with Crippen molar-refractivity contribution in [2.24, 2.45) is 11.3 Å². The lowest BCUT2D eigenvalue weighted by molar-refractivity contribution is -0.0147. The molecule has 1 aliphatic rings. The van der Waals surface area contributed by atoms with Crippen molar-refractivity contribution >= 4 is 0 Å². The fraction of sp³-hybridized carbons (Fsp3) is 1.00. The second kappa shape index (κ2) is 5.99. The largest absolute Gasteiger partial charge is 0.380 e. The van der Waals surface area contributed by atoms with E-state index in [1.54, 1.807) is 0 Å². The van der Waals surface area contributed by atoms with E-state index in [0.717, 1.165) is 19.6 Å². The molecule has 0 aromatic rings. The standard InChI is InChI=1S/C13H28N2O/c1-11-6-7-15(8-12(11)16-5)10-13(2,3)9-14-4/h11-12,14H,6-10H2,1-5H3. The highest BCUT2D eigenvalue weighted by Crippen LogP contribution is 2.23. The van der Waals surface area contributed by atoms with Gasteiger partial charge in [0.05, 0.1) is 6.10 Å². The van der Waals surface area contributed by atoms with E-state index in [2.05, 4.69) is 31.0 Å². The maximum absolute atomic E-state index is 5.55. The Bertz CT molecular complexity index is 206. The van der Waals surface area contributed by atoms with Gasteiger partial charge in [-0.05, 0) is 31.3 Å². The smallest absolute Gasteiger partial charge is 0.0724 e. The first kappa shape index (κ1) is 13.9. The van der Waals surface area contributed by atoms with E-state index < -0.39 is 0 Å². The number of rotatable bonds is 5. The minimum atomic E-state index is 0.341. The molecular formula is C13H28N2O. The molecule has 3 nitrogen and oxygen atoms in total. The summed E-state index contributed by atoms with van der Waals surface area (Å²) >= 11 is 0. The van der Waals surface area contributed by atoms with Crippen LogP contribution in [0.4, 0.5) is 0 Å². The van der Waals surface area contributed by atoms with Gasteiger partial charge >= 0.3 is 0 Å². The number of hydrogen-bond donors (Lipinski definition) is 1. The van der Waals surface area contributed by atoms with Crippen LogP contribution < -0.4 is 5.32 Å². The molecule has 0 saturated carbocycles. The highest BCUT2D eigenvalue weighted by molar-refractivity contribution is 4.83. The lowest BCUT2D eigenvalue weighted by atomic mass is 9.89. The van der Waals surface area contributed by atoms with E-state index in [1.165, 1.54) is 13.0 Å². The van der Waals surface area contributed by atoms with Crippen LogP contribution in [0.2, 0.25) is 0 Å². The Morgan fingerprint density at radius 1 is 1.44 bits per heavy atom. The molecule has 1 rings (SSSR count). The maximum Gasteiger partial charge on any atom is 0.0724 e. The van der Waals surface area contributed by atoms with E-state index >= 15 is 0 Å². The summed E-state index contributed by atoms with van der Waals surface area (Å²) in [5.41, 5.74) is 0.341. The number of hydrogen-bond acceptors (Lipinski definition) is 3. The van der Waals surface area contributed by atoms with Crippen molar-refractivity contribution in [1.29, 1.82) is 0 Å². The summed E-state index contributed by atoms with van der Waals surface area (Å²) in [5, 5.41) is 3.27. The Labute approximate surface area is 101 Å². The van der Waals surface area contributed by atoms with E-state index in [4.69, 9.17) is 4.74 Å². The molecule has 1 N–H and O–H groups in total. The molecule has 0 radical (unpaired) electrons. The van der Waals surface area contributed by atoms with Crippen LogP contribution in [-0.2, 0) is 4.74 Å². The molecule has 3 heteroatoms. The van der Waals surface area contributed by atoms with E-state index in [0.29, 0.717) is 17.4 Å². The van der Waals surface area contributed by atoms with Crippen LogP contribution in [0.25, 0.3) is 0 Å². The molecule has 1 aliphatic heterocycles. The third-order valence-electron chi connectivity index (χ3n) is 3.58. The molecule has 0 bridgehead atoms. The van der Waals surface area contributed by atoms with Crippen molar-refractivity contribution in [3.05, 3.63) is 0 Å². The van der Waals surface area contributed by atoms with Crippen LogP contribution in [0.5, 0.6) is 0 Å². The van der Waals surface area contributed by atoms with E-state index in [-0.39, 0.29) is 0 Å². The molecule has 0 amide bonds. The van der Waals surface area contributed by atoms with Crippen LogP contribution in [0.15, 0.2) is 0 Å². The van der Waals surface area contributed by atoms with Gasteiger partial charge in [0, 0.05) is 26.7 Å². The molecular weight excluding hydrogens is 200 g/mol. The third-order valence-corrected chi connectivity index (χ3v) is 3.58. The molecule has 1 fully saturated rings. The van der Waals surface area contributed by atoms with E-state index in [1.807, 2.05) is 14.2 Å². The first-order valence-electron chi connectivity index (χ1n) is 6.38. The topological polar surface area (TPSA) is 24.5 Å². The number of ether oxygens (including phenoxy) is 1. The average molecular weight is 228 g/mol. The van der Waals surface area contributed by atoms with Crippen molar-refractivity contribution in [3.63, 3.8) is 0 Å². The Morgan fingerprint density at radius 3 is 2.69 bits per heavy atom. The summed E-state index contributed by atoms with van der Waals surface area (Å²) in [4.78, 5) is 2.55. The Hall–Kier alpha value is -0.120. The molecule has 16 heavy (non-hydrogen) atoms. The van der Waals surface area contributed by atoms with Gasteiger partial charge in [-0.3, -0.25) is 0 Å². The quantitative estimate of drug-likeness (QED) is 0.773. The van der Waals surface area contributed by atoms with Gasteiger partial charge in [0.2, 0.25) is 0 Å². The Kier molecular flexibility index (Phi) is 5.22. The van der Waals surface area contributed by atoms with Gasteiger partial charge in [-0.15, -0.1) is 0 Å². The summed E-state index contributed by atoms with van der Waals surface area (Å²) in [6.07, 6.45) is 1.67. The zero-order chi connectivity index (χ0) is 12.2. The number of nitrogens with zero attached hydrogens (tertiary/aromatic N) is 1. The second-order valence-electron chi connectivity index (χ2n) is 5.97. The van der Waals surface area contributed by atoms with Crippen LogP contribution in [0.1, 0.15) is 27.2 Å². The van der Waals surface area contributed by atoms with E-state index in [9.17, 15) is 0 Å². The van der Waals surface area contributed by atoms with Crippen LogP contribution in [-0.4, -0.2) is 51.3 Å². The first-order chi connectivity index (χ1) is 7.48. The molecule has 2 atom stereocenters. The van der Waals surface area contributed by atoms with Gasteiger partial charge < -0.3 is 15.0 Å². The van der Waals surface area contributed by atoms with Crippen molar-refractivity contribution in [2.45, 2.75) is 33.3 Å². The molecule has 96 valence electrons. The van der Waals surface area contributed by atoms with Gasteiger partial charge in [-0.2, -0.15) is 0 Å². The van der Waals surface area contributed by atoms with Crippen LogP contribution >= 0.6 is 0 Å². The minimum Gasteiger partial charge on any atom is -0.380 e. The fourth-order valence-corrected chi connectivity index (χ4v) is 2.69. The van der Waals surface area contributed by atoms with Crippen molar-refractivity contribution in [1.82, 2.24) is 10.2 Å². The molecule has 1 saturated heterocycles. The highest BCUT2D eigenvalue weighted by Gasteiger charge is 2.29. The number of nitrogens with one attached hydrogen (secondary N) is 1. The van der Waals surface area contributed by atoms with Gasteiger partial charge in [0.1, 0.15) is 0 Å². The monoisotopic (exact) mass is 228 g/mol. The zero-order valence-corrected chi connectivity index (χ0v) is 11.5. The van der Waals surface area contributed by atoms with Gasteiger partial charge in [-0.25, -0.2) is 0 Å². The summed E-state index contributed by atoms with van der Waals surface area (Å²) < 4.78 is 5.55. The van der Waals surface area contributed by atoms with Crippen LogP contribution in [0.3, 0.4) is 0 Å². The minimum absolute atomic E-state index is 0.341. The number of piperidine rings is 1. The maximum atomic E-state index is 5.55. The third kappa shape index (κ3) is 4.04. The molecule has 0 spiro atoms. The van der Waals surface area contributed by atoms with Crippen molar-refractivity contribution < 1.29 is 4.74 Å². The first-order valence-corrected chi connectivity index (χ1v) is 6.38. The summed E-state index contributed by atoms with van der Waals surface area (Å²) in [5.74, 6) is 0.702. The Balaban J connectivity index is 2.43. The van der Waals surface area contributed by atoms with Crippen molar-refractivity contribution in [3.8, 4) is 0 Å². The average Bonchev–Trinajstić information content (AvgIpc) is 2.20. The number of likely N-dealkylation sites (tertiary alicyclic amines) is 1. The van der Waals surface area contributed by atoms with Crippen molar-refractivity contribution in [2.75, 3.05) is 40.3 Å². The highest BCUT2D eigenvalue weighted by atomic mass is 16.5. The predicted molar refractivity (Wildman–Crippen MR) is 68.7 cm³/mol. The second-order valence-corrected chi connectivity index (χ2v) is 5.97. The molecule has 1 heterocycles.